The van der Waals surface area contributed by atoms with Gasteiger partial charge in [0, 0.05) is 6.54 Å². The summed E-state index contributed by atoms with van der Waals surface area (Å²) in [6.45, 7) is 2.80. The van der Waals surface area contributed by atoms with Crippen LogP contribution in [0.15, 0.2) is 36.7 Å². The van der Waals surface area contributed by atoms with Crippen LogP contribution in [0.25, 0.3) is 0 Å². The third kappa shape index (κ3) is 2.70. The average molecular weight is 234 g/mol. The van der Waals surface area contributed by atoms with E-state index < -0.39 is 0 Å². The molecular formula is C12H12ClN3. The minimum absolute atomic E-state index is 0.543. The first-order valence-electron chi connectivity index (χ1n) is 5.01. The van der Waals surface area contributed by atoms with Crippen LogP contribution in [0.3, 0.4) is 0 Å². The van der Waals surface area contributed by atoms with E-state index in [1.54, 1.807) is 12.4 Å². The molecular weight excluding hydrogens is 222 g/mol. The zero-order valence-electron chi connectivity index (χ0n) is 8.94. The van der Waals surface area contributed by atoms with E-state index in [1.807, 2.05) is 12.1 Å². The third-order valence-corrected chi connectivity index (χ3v) is 2.51. The van der Waals surface area contributed by atoms with E-state index in [4.69, 9.17) is 11.6 Å². The highest BCUT2D eigenvalue weighted by Crippen LogP contribution is 2.10. The van der Waals surface area contributed by atoms with Gasteiger partial charge in [-0.15, -0.1) is 0 Å². The summed E-state index contributed by atoms with van der Waals surface area (Å²) in [7, 11) is 0. The lowest BCUT2D eigenvalue weighted by Gasteiger charge is -2.06. The quantitative estimate of drug-likeness (QED) is 0.886. The molecule has 16 heavy (non-hydrogen) atoms. The lowest BCUT2D eigenvalue weighted by molar-refractivity contribution is 1.04. The van der Waals surface area contributed by atoms with Crippen LogP contribution >= 0.6 is 11.6 Å². The van der Waals surface area contributed by atoms with Crippen molar-refractivity contribution in [2.45, 2.75) is 13.5 Å². The van der Waals surface area contributed by atoms with Gasteiger partial charge in [0.25, 0.3) is 0 Å². The predicted molar refractivity (Wildman–Crippen MR) is 65.5 cm³/mol. The lowest BCUT2D eigenvalue weighted by Crippen LogP contribution is -2.04. The van der Waals surface area contributed by atoms with Crippen molar-refractivity contribution in [2.75, 3.05) is 5.32 Å². The van der Waals surface area contributed by atoms with E-state index in [0.29, 0.717) is 17.5 Å². The van der Waals surface area contributed by atoms with Gasteiger partial charge in [0.1, 0.15) is 0 Å². The second-order valence-electron chi connectivity index (χ2n) is 3.50. The number of rotatable bonds is 3. The summed E-state index contributed by atoms with van der Waals surface area (Å²) in [4.78, 5) is 8.14. The molecule has 1 aromatic carbocycles. The van der Waals surface area contributed by atoms with Crippen LogP contribution < -0.4 is 5.32 Å². The third-order valence-electron chi connectivity index (χ3n) is 2.32. The number of aromatic nitrogens is 2. The van der Waals surface area contributed by atoms with Gasteiger partial charge in [-0.25, -0.2) is 9.97 Å². The summed E-state index contributed by atoms with van der Waals surface area (Å²) in [6, 6.07) is 8.21. The van der Waals surface area contributed by atoms with Gasteiger partial charge in [-0.05, 0) is 18.1 Å². The molecule has 0 aliphatic carbocycles. The first kappa shape index (κ1) is 10.9. The van der Waals surface area contributed by atoms with Gasteiger partial charge in [-0.2, -0.15) is 0 Å². The summed E-state index contributed by atoms with van der Waals surface area (Å²) in [6.07, 6.45) is 3.16. The van der Waals surface area contributed by atoms with Gasteiger partial charge < -0.3 is 5.32 Å². The molecule has 3 nitrogen and oxygen atoms in total. The van der Waals surface area contributed by atoms with Gasteiger partial charge in [0.15, 0.2) is 0 Å². The van der Waals surface area contributed by atoms with Crippen molar-refractivity contribution in [3.8, 4) is 0 Å². The normalized spacial score (nSPS) is 10.1. The fraction of sp³-hybridized carbons (Fsp3) is 0.167. The highest BCUT2D eigenvalue weighted by atomic mass is 35.5. The molecule has 2 rings (SSSR count). The molecule has 0 saturated heterocycles. The number of halogens is 1. The second-order valence-corrected chi connectivity index (χ2v) is 3.94. The van der Waals surface area contributed by atoms with E-state index in [9.17, 15) is 0 Å². The molecule has 0 spiro atoms. The summed E-state index contributed by atoms with van der Waals surface area (Å²) in [5.74, 6) is 0.590. The Morgan fingerprint density at radius 1 is 1.19 bits per heavy atom. The van der Waals surface area contributed by atoms with Crippen molar-refractivity contribution in [1.82, 2.24) is 9.97 Å². The number of hydrogen-bond acceptors (Lipinski definition) is 3. The van der Waals surface area contributed by atoms with E-state index in [2.05, 4.69) is 34.3 Å². The SMILES string of the molecule is Cc1ccccc1CNc1ncc(Cl)cn1. The first-order valence-corrected chi connectivity index (χ1v) is 5.39. The summed E-state index contributed by atoms with van der Waals surface area (Å²) in [5, 5.41) is 3.69. The molecule has 1 heterocycles. The Kier molecular flexibility index (Phi) is 3.37. The molecule has 0 bridgehead atoms. The van der Waals surface area contributed by atoms with E-state index in [-0.39, 0.29) is 0 Å². The molecule has 0 radical (unpaired) electrons. The van der Waals surface area contributed by atoms with Crippen molar-refractivity contribution in [3.05, 3.63) is 52.8 Å². The zero-order chi connectivity index (χ0) is 11.4. The Morgan fingerprint density at radius 2 is 1.88 bits per heavy atom. The Labute approximate surface area is 99.5 Å². The largest absolute Gasteiger partial charge is 0.350 e. The number of nitrogens with one attached hydrogen (secondary N) is 1. The van der Waals surface area contributed by atoms with Gasteiger partial charge >= 0.3 is 0 Å². The molecule has 0 fully saturated rings. The zero-order valence-corrected chi connectivity index (χ0v) is 9.70. The number of hydrogen-bond donors (Lipinski definition) is 1. The fourth-order valence-corrected chi connectivity index (χ4v) is 1.48. The molecule has 0 amide bonds. The van der Waals surface area contributed by atoms with Crippen molar-refractivity contribution < 1.29 is 0 Å². The van der Waals surface area contributed by atoms with Gasteiger partial charge in [-0.3, -0.25) is 0 Å². The van der Waals surface area contributed by atoms with Crippen molar-refractivity contribution in [3.63, 3.8) is 0 Å². The maximum atomic E-state index is 5.70. The Bertz CT molecular complexity index is 468. The molecule has 2 aromatic rings. The van der Waals surface area contributed by atoms with Gasteiger partial charge in [0.05, 0.1) is 17.4 Å². The Hall–Kier alpha value is -1.61. The molecule has 1 N–H and O–H groups in total. The highest BCUT2D eigenvalue weighted by Gasteiger charge is 1.98. The van der Waals surface area contributed by atoms with E-state index in [0.717, 1.165) is 0 Å². The molecule has 0 atom stereocenters. The topological polar surface area (TPSA) is 37.8 Å². The summed E-state index contributed by atoms with van der Waals surface area (Å²) < 4.78 is 0. The van der Waals surface area contributed by atoms with Crippen LogP contribution in [-0.2, 0) is 6.54 Å². The summed E-state index contributed by atoms with van der Waals surface area (Å²) in [5.41, 5.74) is 2.49. The van der Waals surface area contributed by atoms with Gasteiger partial charge in [0.2, 0.25) is 5.95 Å². The molecule has 1 aromatic heterocycles. The van der Waals surface area contributed by atoms with Crippen LogP contribution in [0.4, 0.5) is 5.95 Å². The van der Waals surface area contributed by atoms with Crippen LogP contribution in [0.2, 0.25) is 5.02 Å². The van der Waals surface area contributed by atoms with Crippen LogP contribution in [-0.4, -0.2) is 9.97 Å². The maximum Gasteiger partial charge on any atom is 0.222 e. The van der Waals surface area contributed by atoms with Gasteiger partial charge in [-0.1, -0.05) is 35.9 Å². The first-order chi connectivity index (χ1) is 7.75. The van der Waals surface area contributed by atoms with Crippen LogP contribution in [0.5, 0.6) is 0 Å². The van der Waals surface area contributed by atoms with Crippen LogP contribution in [0.1, 0.15) is 11.1 Å². The average Bonchev–Trinajstić information content (AvgIpc) is 2.30. The predicted octanol–water partition coefficient (Wildman–Crippen LogP) is 3.05. The summed E-state index contributed by atoms with van der Waals surface area (Å²) >= 11 is 5.70. The fourth-order valence-electron chi connectivity index (χ4n) is 1.39. The number of nitrogens with zero attached hydrogens (tertiary/aromatic N) is 2. The van der Waals surface area contributed by atoms with E-state index in [1.165, 1.54) is 11.1 Å². The second kappa shape index (κ2) is 4.94. The van der Waals surface area contributed by atoms with E-state index >= 15 is 0 Å². The van der Waals surface area contributed by atoms with Crippen LogP contribution in [0, 0.1) is 6.92 Å². The van der Waals surface area contributed by atoms with Crippen molar-refractivity contribution in [1.29, 1.82) is 0 Å². The molecule has 0 saturated carbocycles. The molecule has 0 aliphatic rings. The Morgan fingerprint density at radius 3 is 2.56 bits per heavy atom. The monoisotopic (exact) mass is 233 g/mol. The number of anilines is 1. The Balaban J connectivity index is 2.02. The number of benzene rings is 1. The maximum absolute atomic E-state index is 5.70. The van der Waals surface area contributed by atoms with Crippen molar-refractivity contribution in [2.24, 2.45) is 0 Å². The number of aryl methyl sites for hydroxylation is 1. The lowest BCUT2D eigenvalue weighted by atomic mass is 10.1. The smallest absolute Gasteiger partial charge is 0.222 e. The molecule has 4 heteroatoms. The molecule has 0 aliphatic heterocycles. The minimum atomic E-state index is 0.543. The molecule has 82 valence electrons. The molecule has 0 unspecified atom stereocenters. The highest BCUT2D eigenvalue weighted by molar-refractivity contribution is 6.30. The standard InChI is InChI=1S/C12H12ClN3/c1-9-4-2-3-5-10(9)6-14-12-15-7-11(13)8-16-12/h2-5,7-8H,6H2,1H3,(H,14,15,16). The van der Waals surface area contributed by atoms with Crippen molar-refractivity contribution >= 4 is 17.5 Å². The minimum Gasteiger partial charge on any atom is -0.350 e.